The molecule has 2 atom stereocenters. The molecule has 0 radical (unpaired) electrons. The van der Waals surface area contributed by atoms with Crippen LogP contribution in [0.4, 0.5) is 5.69 Å². The van der Waals surface area contributed by atoms with Gasteiger partial charge in [0.2, 0.25) is 11.8 Å². The van der Waals surface area contributed by atoms with Crippen molar-refractivity contribution in [2.24, 2.45) is 5.92 Å². The first-order valence-corrected chi connectivity index (χ1v) is 6.79. The molecular formula is C15H19N3O. The number of anilines is 1. The molecule has 0 amide bonds. The maximum Gasteiger partial charge on any atom is 0.238 e. The summed E-state index contributed by atoms with van der Waals surface area (Å²) in [5.41, 5.74) is 2.70. The van der Waals surface area contributed by atoms with E-state index in [-0.39, 0.29) is 6.04 Å². The van der Waals surface area contributed by atoms with Gasteiger partial charge in [0.1, 0.15) is 6.04 Å². The van der Waals surface area contributed by atoms with E-state index in [2.05, 4.69) is 53.2 Å². The lowest BCUT2D eigenvalue weighted by atomic mass is 9.93. The molecular weight excluding hydrogens is 238 g/mol. The molecule has 0 aliphatic carbocycles. The van der Waals surface area contributed by atoms with Crippen LogP contribution >= 0.6 is 0 Å². The van der Waals surface area contributed by atoms with Crippen molar-refractivity contribution in [1.82, 2.24) is 10.2 Å². The first-order valence-electron chi connectivity index (χ1n) is 6.79. The number of hydrogen-bond acceptors (Lipinski definition) is 4. The van der Waals surface area contributed by atoms with Gasteiger partial charge in [-0.25, -0.2) is 0 Å². The van der Waals surface area contributed by atoms with Gasteiger partial charge in [0, 0.05) is 19.2 Å². The molecule has 1 aromatic carbocycles. The summed E-state index contributed by atoms with van der Waals surface area (Å²) in [6.45, 7) is 7.27. The second-order valence-electron chi connectivity index (χ2n) is 5.43. The second-order valence-corrected chi connectivity index (χ2v) is 5.43. The summed E-state index contributed by atoms with van der Waals surface area (Å²) in [5.74, 6) is 1.96. The molecule has 100 valence electrons. The number of aromatic nitrogens is 2. The highest BCUT2D eigenvalue weighted by atomic mass is 16.4. The number of hydrogen-bond donors (Lipinski definition) is 0. The van der Waals surface area contributed by atoms with E-state index >= 15 is 0 Å². The molecule has 0 unspecified atom stereocenters. The summed E-state index contributed by atoms with van der Waals surface area (Å²) in [6.07, 6.45) is 1.14. The van der Waals surface area contributed by atoms with E-state index in [1.807, 2.05) is 6.92 Å². The quantitative estimate of drug-likeness (QED) is 0.829. The SMILES string of the molecule is Cc1nnc([C@H](C)N2C[C@@H](C)Cc3ccccc32)o1. The standard InChI is InChI=1S/C15H19N3O/c1-10-8-13-6-4-5-7-14(13)18(9-10)11(2)15-17-16-12(3)19-15/h4-7,10-11H,8-9H2,1-3H3/t10-,11-/m0/s1. The lowest BCUT2D eigenvalue weighted by Crippen LogP contribution is -2.36. The Kier molecular flexibility index (Phi) is 3.01. The monoisotopic (exact) mass is 257 g/mol. The Morgan fingerprint density at radius 2 is 2.11 bits per heavy atom. The van der Waals surface area contributed by atoms with Gasteiger partial charge in [-0.1, -0.05) is 25.1 Å². The highest BCUT2D eigenvalue weighted by Crippen LogP contribution is 2.35. The van der Waals surface area contributed by atoms with E-state index in [0.29, 0.717) is 17.7 Å². The minimum atomic E-state index is 0.116. The molecule has 19 heavy (non-hydrogen) atoms. The molecule has 1 aliphatic heterocycles. The third kappa shape index (κ3) is 2.23. The van der Waals surface area contributed by atoms with Gasteiger partial charge in [0.05, 0.1) is 0 Å². The van der Waals surface area contributed by atoms with Crippen molar-refractivity contribution < 1.29 is 4.42 Å². The molecule has 4 nitrogen and oxygen atoms in total. The van der Waals surface area contributed by atoms with Gasteiger partial charge < -0.3 is 9.32 Å². The Hall–Kier alpha value is -1.84. The van der Waals surface area contributed by atoms with Crippen molar-refractivity contribution in [1.29, 1.82) is 0 Å². The van der Waals surface area contributed by atoms with Gasteiger partial charge in [0.15, 0.2) is 0 Å². The number of rotatable bonds is 2. The zero-order valence-corrected chi connectivity index (χ0v) is 11.6. The third-order valence-electron chi connectivity index (χ3n) is 3.74. The van der Waals surface area contributed by atoms with Gasteiger partial charge in [-0.05, 0) is 30.9 Å². The maximum atomic E-state index is 5.58. The molecule has 0 fully saturated rings. The van der Waals surface area contributed by atoms with E-state index < -0.39 is 0 Å². The number of benzene rings is 1. The van der Waals surface area contributed by atoms with E-state index in [9.17, 15) is 0 Å². The third-order valence-corrected chi connectivity index (χ3v) is 3.74. The number of aryl methyl sites for hydroxylation is 1. The lowest BCUT2D eigenvalue weighted by molar-refractivity contribution is 0.408. The molecule has 1 aliphatic rings. The van der Waals surface area contributed by atoms with E-state index in [1.165, 1.54) is 11.3 Å². The topological polar surface area (TPSA) is 42.2 Å². The largest absolute Gasteiger partial charge is 0.423 e. The summed E-state index contributed by atoms with van der Waals surface area (Å²) in [6, 6.07) is 8.71. The predicted molar refractivity (Wildman–Crippen MR) is 74.1 cm³/mol. The summed E-state index contributed by atoms with van der Waals surface area (Å²) in [4.78, 5) is 2.37. The van der Waals surface area contributed by atoms with Crippen LogP contribution in [-0.4, -0.2) is 16.7 Å². The summed E-state index contributed by atoms with van der Waals surface area (Å²) >= 11 is 0. The van der Waals surface area contributed by atoms with Gasteiger partial charge in [-0.3, -0.25) is 0 Å². The van der Waals surface area contributed by atoms with Crippen LogP contribution in [-0.2, 0) is 6.42 Å². The molecule has 4 heteroatoms. The Labute approximate surface area is 113 Å². The zero-order chi connectivity index (χ0) is 13.4. The van der Waals surface area contributed by atoms with Crippen molar-refractivity contribution in [3.8, 4) is 0 Å². The van der Waals surface area contributed by atoms with Crippen LogP contribution in [0.15, 0.2) is 28.7 Å². The fraction of sp³-hybridized carbons (Fsp3) is 0.467. The molecule has 1 aromatic heterocycles. The summed E-state index contributed by atoms with van der Waals surface area (Å²) in [7, 11) is 0. The second kappa shape index (κ2) is 4.68. The van der Waals surface area contributed by atoms with Crippen LogP contribution < -0.4 is 4.90 Å². The van der Waals surface area contributed by atoms with Gasteiger partial charge in [0.25, 0.3) is 0 Å². The van der Waals surface area contributed by atoms with Crippen LogP contribution in [0.2, 0.25) is 0 Å². The fourth-order valence-electron chi connectivity index (χ4n) is 2.82. The number of nitrogens with zero attached hydrogens (tertiary/aromatic N) is 3. The van der Waals surface area contributed by atoms with Crippen molar-refractivity contribution in [2.75, 3.05) is 11.4 Å². The van der Waals surface area contributed by atoms with E-state index in [1.54, 1.807) is 0 Å². The molecule has 0 saturated heterocycles. The van der Waals surface area contributed by atoms with Crippen LogP contribution in [0.3, 0.4) is 0 Å². The predicted octanol–water partition coefficient (Wildman–Crippen LogP) is 3.14. The molecule has 0 N–H and O–H groups in total. The van der Waals surface area contributed by atoms with Crippen molar-refractivity contribution in [2.45, 2.75) is 33.2 Å². The summed E-state index contributed by atoms with van der Waals surface area (Å²) < 4.78 is 5.58. The smallest absolute Gasteiger partial charge is 0.238 e. The molecule has 2 heterocycles. The minimum absolute atomic E-state index is 0.116. The minimum Gasteiger partial charge on any atom is -0.423 e. The molecule has 0 saturated carbocycles. The van der Waals surface area contributed by atoms with E-state index in [4.69, 9.17) is 4.42 Å². The zero-order valence-electron chi connectivity index (χ0n) is 11.6. The van der Waals surface area contributed by atoms with E-state index in [0.717, 1.165) is 13.0 Å². The number of fused-ring (bicyclic) bond motifs is 1. The van der Waals surface area contributed by atoms with Crippen molar-refractivity contribution in [3.05, 3.63) is 41.6 Å². The Bertz CT molecular complexity index is 578. The van der Waals surface area contributed by atoms with Crippen molar-refractivity contribution >= 4 is 5.69 Å². The first-order chi connectivity index (χ1) is 9.15. The summed E-state index contributed by atoms with van der Waals surface area (Å²) in [5, 5.41) is 8.09. The number of para-hydroxylation sites is 1. The van der Waals surface area contributed by atoms with Crippen LogP contribution in [0.5, 0.6) is 0 Å². The Balaban J connectivity index is 1.96. The fourth-order valence-corrected chi connectivity index (χ4v) is 2.82. The van der Waals surface area contributed by atoms with Gasteiger partial charge >= 0.3 is 0 Å². The maximum absolute atomic E-state index is 5.58. The van der Waals surface area contributed by atoms with Crippen LogP contribution in [0.25, 0.3) is 0 Å². The molecule has 0 spiro atoms. The first kappa shape index (κ1) is 12.2. The van der Waals surface area contributed by atoms with Crippen LogP contribution in [0.1, 0.15) is 37.2 Å². The Morgan fingerprint density at radius 1 is 1.32 bits per heavy atom. The average Bonchev–Trinajstić information content (AvgIpc) is 2.83. The Morgan fingerprint density at radius 3 is 2.84 bits per heavy atom. The molecule has 2 aromatic rings. The average molecular weight is 257 g/mol. The molecule has 3 rings (SSSR count). The van der Waals surface area contributed by atoms with Crippen LogP contribution in [0, 0.1) is 12.8 Å². The van der Waals surface area contributed by atoms with Crippen molar-refractivity contribution in [3.63, 3.8) is 0 Å². The highest BCUT2D eigenvalue weighted by Gasteiger charge is 2.28. The molecule has 0 bridgehead atoms. The van der Waals surface area contributed by atoms with Gasteiger partial charge in [-0.2, -0.15) is 0 Å². The normalized spacial score (nSPS) is 20.2. The lowest BCUT2D eigenvalue weighted by Gasteiger charge is -2.37. The highest BCUT2D eigenvalue weighted by molar-refractivity contribution is 5.56. The van der Waals surface area contributed by atoms with Gasteiger partial charge in [-0.15, -0.1) is 10.2 Å².